The maximum atomic E-state index is 5.41. The van der Waals surface area contributed by atoms with Crippen molar-refractivity contribution in [3.05, 3.63) is 47.1 Å². The van der Waals surface area contributed by atoms with Crippen molar-refractivity contribution in [1.29, 1.82) is 0 Å². The molecule has 0 saturated heterocycles. The van der Waals surface area contributed by atoms with Gasteiger partial charge < -0.3 is 10.1 Å². The Morgan fingerprint density at radius 1 is 1.24 bits per heavy atom. The molecule has 0 fully saturated rings. The lowest BCUT2D eigenvalue weighted by molar-refractivity contribution is 0.410. The Hall–Kier alpha value is -2.14. The minimum atomic E-state index is 0.807. The van der Waals surface area contributed by atoms with Gasteiger partial charge in [0, 0.05) is 6.54 Å². The molecular weight excluding hydrogens is 282 g/mol. The first kappa shape index (κ1) is 13.8. The second-order valence-electron chi connectivity index (χ2n) is 4.85. The number of fused-ring (bicyclic) bond motifs is 1. The molecule has 0 aliphatic heterocycles. The second kappa shape index (κ2) is 6.10. The minimum absolute atomic E-state index is 0.807. The summed E-state index contributed by atoms with van der Waals surface area (Å²) < 4.78 is 5.41. The van der Waals surface area contributed by atoms with Crippen LogP contribution in [-0.2, 0) is 6.42 Å². The molecule has 2 aromatic heterocycles. The fourth-order valence-corrected chi connectivity index (χ4v) is 3.08. The van der Waals surface area contributed by atoms with Crippen LogP contribution in [0.25, 0.3) is 10.2 Å². The van der Waals surface area contributed by atoms with E-state index in [1.54, 1.807) is 24.8 Å². The van der Waals surface area contributed by atoms with Gasteiger partial charge in [-0.1, -0.05) is 17.7 Å². The third kappa shape index (κ3) is 2.97. The Bertz CT molecular complexity index is 754. The van der Waals surface area contributed by atoms with Gasteiger partial charge in [0.05, 0.1) is 12.5 Å². The predicted octanol–water partition coefficient (Wildman–Crippen LogP) is 3.66. The van der Waals surface area contributed by atoms with Crippen LogP contribution in [0.5, 0.6) is 5.75 Å². The van der Waals surface area contributed by atoms with Crippen LogP contribution in [0.3, 0.4) is 0 Å². The zero-order valence-corrected chi connectivity index (χ0v) is 12.9. The molecule has 108 valence electrons. The first-order valence-electron chi connectivity index (χ1n) is 6.83. The van der Waals surface area contributed by atoms with Crippen LogP contribution in [0.2, 0.25) is 0 Å². The Labute approximate surface area is 127 Å². The number of nitrogens with zero attached hydrogens (tertiary/aromatic N) is 2. The standard InChI is InChI=1S/C16H17N3OS/c1-11-3-4-14(20-2)12(9-11)5-7-17-15-13-6-8-21-16(13)19-10-18-15/h3-4,6,8-10H,5,7H2,1-2H3,(H,17,18,19). The highest BCUT2D eigenvalue weighted by molar-refractivity contribution is 7.16. The molecule has 1 N–H and O–H groups in total. The smallest absolute Gasteiger partial charge is 0.138 e. The van der Waals surface area contributed by atoms with E-state index in [4.69, 9.17) is 4.74 Å². The van der Waals surface area contributed by atoms with Gasteiger partial charge in [-0.15, -0.1) is 11.3 Å². The summed E-state index contributed by atoms with van der Waals surface area (Å²) in [5, 5.41) is 6.51. The molecule has 4 nitrogen and oxygen atoms in total. The van der Waals surface area contributed by atoms with E-state index in [1.807, 2.05) is 11.4 Å². The Morgan fingerprint density at radius 3 is 3.00 bits per heavy atom. The molecule has 3 aromatic rings. The fraction of sp³-hybridized carbons (Fsp3) is 0.250. The fourth-order valence-electron chi connectivity index (χ4n) is 2.35. The zero-order chi connectivity index (χ0) is 14.7. The number of thiophene rings is 1. The molecule has 0 aliphatic rings. The predicted molar refractivity (Wildman–Crippen MR) is 87.3 cm³/mol. The lowest BCUT2D eigenvalue weighted by Gasteiger charge is -2.11. The van der Waals surface area contributed by atoms with Crippen molar-refractivity contribution in [2.75, 3.05) is 19.0 Å². The van der Waals surface area contributed by atoms with Gasteiger partial charge in [-0.2, -0.15) is 0 Å². The SMILES string of the molecule is COc1ccc(C)cc1CCNc1ncnc2sccc12. The van der Waals surface area contributed by atoms with Crippen LogP contribution in [0.15, 0.2) is 36.0 Å². The van der Waals surface area contributed by atoms with E-state index in [9.17, 15) is 0 Å². The van der Waals surface area contributed by atoms with Crippen LogP contribution in [0, 0.1) is 6.92 Å². The summed E-state index contributed by atoms with van der Waals surface area (Å²) in [4.78, 5) is 9.59. The number of hydrogen-bond donors (Lipinski definition) is 1. The first-order valence-corrected chi connectivity index (χ1v) is 7.71. The average molecular weight is 299 g/mol. The molecule has 5 heteroatoms. The van der Waals surface area contributed by atoms with Crippen molar-refractivity contribution in [2.45, 2.75) is 13.3 Å². The van der Waals surface area contributed by atoms with Crippen molar-refractivity contribution >= 4 is 27.4 Å². The van der Waals surface area contributed by atoms with Gasteiger partial charge in [-0.05, 0) is 36.4 Å². The number of aryl methyl sites for hydroxylation is 1. The second-order valence-corrected chi connectivity index (χ2v) is 5.75. The maximum absolute atomic E-state index is 5.41. The molecule has 0 aliphatic carbocycles. The Morgan fingerprint density at radius 2 is 2.14 bits per heavy atom. The van der Waals surface area contributed by atoms with E-state index in [1.165, 1.54) is 11.1 Å². The molecule has 0 spiro atoms. The molecule has 0 atom stereocenters. The van der Waals surface area contributed by atoms with Crippen molar-refractivity contribution in [3.63, 3.8) is 0 Å². The van der Waals surface area contributed by atoms with E-state index >= 15 is 0 Å². The third-order valence-electron chi connectivity index (χ3n) is 3.38. The maximum Gasteiger partial charge on any atom is 0.138 e. The molecule has 1 aromatic carbocycles. The third-order valence-corrected chi connectivity index (χ3v) is 4.21. The lowest BCUT2D eigenvalue weighted by atomic mass is 10.1. The van der Waals surface area contributed by atoms with Gasteiger partial charge in [0.2, 0.25) is 0 Å². The summed E-state index contributed by atoms with van der Waals surface area (Å²) in [7, 11) is 1.71. The number of benzene rings is 1. The molecule has 21 heavy (non-hydrogen) atoms. The van der Waals surface area contributed by atoms with Crippen LogP contribution in [0.4, 0.5) is 5.82 Å². The highest BCUT2D eigenvalue weighted by Crippen LogP contribution is 2.24. The molecule has 2 heterocycles. The van der Waals surface area contributed by atoms with Gasteiger partial charge in [-0.3, -0.25) is 0 Å². The molecule has 3 rings (SSSR count). The van der Waals surface area contributed by atoms with E-state index in [0.29, 0.717) is 0 Å². The van der Waals surface area contributed by atoms with Crippen molar-refractivity contribution < 1.29 is 4.74 Å². The molecule has 0 radical (unpaired) electrons. The van der Waals surface area contributed by atoms with Gasteiger partial charge >= 0.3 is 0 Å². The zero-order valence-electron chi connectivity index (χ0n) is 12.1. The van der Waals surface area contributed by atoms with Crippen LogP contribution in [-0.4, -0.2) is 23.6 Å². The van der Waals surface area contributed by atoms with Gasteiger partial charge in [0.1, 0.15) is 22.7 Å². The summed E-state index contributed by atoms with van der Waals surface area (Å²) >= 11 is 1.63. The summed E-state index contributed by atoms with van der Waals surface area (Å²) in [6.07, 6.45) is 2.49. The molecule has 0 bridgehead atoms. The van der Waals surface area contributed by atoms with Crippen molar-refractivity contribution in [3.8, 4) is 5.75 Å². The molecular formula is C16H17N3OS. The summed E-state index contributed by atoms with van der Waals surface area (Å²) in [6, 6.07) is 8.30. The van der Waals surface area contributed by atoms with E-state index in [-0.39, 0.29) is 0 Å². The number of anilines is 1. The number of rotatable bonds is 5. The number of aromatic nitrogens is 2. The van der Waals surface area contributed by atoms with Crippen LogP contribution < -0.4 is 10.1 Å². The highest BCUT2D eigenvalue weighted by Gasteiger charge is 2.06. The number of ether oxygens (including phenoxy) is 1. The summed E-state index contributed by atoms with van der Waals surface area (Å²) in [6.45, 7) is 2.90. The minimum Gasteiger partial charge on any atom is -0.496 e. The summed E-state index contributed by atoms with van der Waals surface area (Å²) in [5.74, 6) is 1.83. The topological polar surface area (TPSA) is 47.0 Å². The molecule has 0 amide bonds. The molecule has 0 unspecified atom stereocenters. The van der Waals surface area contributed by atoms with E-state index in [2.05, 4.69) is 40.4 Å². The Balaban J connectivity index is 1.71. The van der Waals surface area contributed by atoms with Crippen LogP contribution in [0.1, 0.15) is 11.1 Å². The number of methoxy groups -OCH3 is 1. The lowest BCUT2D eigenvalue weighted by Crippen LogP contribution is -2.07. The quantitative estimate of drug-likeness (QED) is 0.781. The van der Waals surface area contributed by atoms with Crippen molar-refractivity contribution in [2.24, 2.45) is 0 Å². The Kier molecular flexibility index (Phi) is 4.01. The van der Waals surface area contributed by atoms with Crippen molar-refractivity contribution in [1.82, 2.24) is 9.97 Å². The monoisotopic (exact) mass is 299 g/mol. The van der Waals surface area contributed by atoms with Gasteiger partial charge in [0.25, 0.3) is 0 Å². The number of nitrogens with one attached hydrogen (secondary N) is 1. The highest BCUT2D eigenvalue weighted by atomic mass is 32.1. The largest absolute Gasteiger partial charge is 0.496 e. The van der Waals surface area contributed by atoms with Gasteiger partial charge in [0.15, 0.2) is 0 Å². The number of hydrogen-bond acceptors (Lipinski definition) is 5. The average Bonchev–Trinajstić information content (AvgIpc) is 2.97. The first-order chi connectivity index (χ1) is 10.3. The van der Waals surface area contributed by atoms with E-state index < -0.39 is 0 Å². The normalized spacial score (nSPS) is 10.8. The van der Waals surface area contributed by atoms with E-state index in [0.717, 1.165) is 34.7 Å². The van der Waals surface area contributed by atoms with Gasteiger partial charge in [-0.25, -0.2) is 9.97 Å². The molecule has 0 saturated carbocycles. The summed E-state index contributed by atoms with van der Waals surface area (Å²) in [5.41, 5.74) is 2.45. The van der Waals surface area contributed by atoms with Crippen LogP contribution >= 0.6 is 11.3 Å².